The van der Waals surface area contributed by atoms with Crippen LogP contribution in [0.25, 0.3) is 0 Å². The van der Waals surface area contributed by atoms with Crippen molar-refractivity contribution >= 4 is 17.4 Å². The van der Waals surface area contributed by atoms with Gasteiger partial charge in [-0.2, -0.15) is 22.0 Å². The van der Waals surface area contributed by atoms with E-state index in [4.69, 9.17) is 0 Å². The fourth-order valence-electron chi connectivity index (χ4n) is 8.31. The van der Waals surface area contributed by atoms with Gasteiger partial charge < -0.3 is 10.4 Å². The number of alkyl halides is 5. The Morgan fingerprint density at radius 1 is 0.952 bits per heavy atom. The SMILES string of the molecule is C[C@]12C[C@H](c3ccc(C(=O)Nc4ccccc4)cc3)C3=C4CCC(=O)C=C4CC[C@H]3[C@@H]1CC[C@@]2(O)C(F)(F)C(F)(F)F. The minimum Gasteiger partial charge on any atom is -0.383 e. The van der Waals surface area contributed by atoms with Crippen molar-refractivity contribution in [2.75, 3.05) is 5.32 Å². The summed E-state index contributed by atoms with van der Waals surface area (Å²) in [4.78, 5) is 25.1. The summed E-state index contributed by atoms with van der Waals surface area (Å²) in [5, 5.41) is 14.2. The lowest BCUT2D eigenvalue weighted by Crippen LogP contribution is -2.65. The van der Waals surface area contributed by atoms with Gasteiger partial charge in [0.1, 0.15) is 5.60 Å². The van der Waals surface area contributed by atoms with Crippen LogP contribution in [0.5, 0.6) is 0 Å². The van der Waals surface area contributed by atoms with Gasteiger partial charge in [-0.25, -0.2) is 0 Å². The molecule has 0 radical (unpaired) electrons. The first-order chi connectivity index (χ1) is 19.8. The topological polar surface area (TPSA) is 66.4 Å². The van der Waals surface area contributed by atoms with E-state index in [2.05, 4.69) is 5.32 Å². The lowest BCUT2D eigenvalue weighted by molar-refractivity contribution is -0.362. The molecule has 2 aromatic carbocycles. The largest absolute Gasteiger partial charge is 0.456 e. The summed E-state index contributed by atoms with van der Waals surface area (Å²) in [7, 11) is 0. The monoisotopic (exact) mass is 585 g/mol. The number of carbonyl (C=O) groups is 2. The third kappa shape index (κ3) is 4.26. The fourth-order valence-corrected chi connectivity index (χ4v) is 8.31. The molecule has 5 atom stereocenters. The van der Waals surface area contributed by atoms with E-state index in [1.54, 1.807) is 54.6 Å². The average molecular weight is 586 g/mol. The molecule has 2 saturated carbocycles. The molecule has 0 heterocycles. The minimum absolute atomic E-state index is 0.0267. The van der Waals surface area contributed by atoms with Gasteiger partial charge in [-0.3, -0.25) is 9.59 Å². The first kappa shape index (κ1) is 28.8. The molecule has 0 spiro atoms. The molecule has 4 aliphatic carbocycles. The zero-order valence-electron chi connectivity index (χ0n) is 23.1. The van der Waals surface area contributed by atoms with E-state index in [9.17, 15) is 27.9 Å². The highest BCUT2D eigenvalue weighted by Gasteiger charge is 2.79. The van der Waals surface area contributed by atoms with Gasteiger partial charge in [0.25, 0.3) is 5.91 Å². The van der Waals surface area contributed by atoms with Crippen molar-refractivity contribution in [3.63, 3.8) is 0 Å². The molecule has 2 aromatic rings. The molecule has 2 N–H and O–H groups in total. The molecule has 0 saturated heterocycles. The van der Waals surface area contributed by atoms with E-state index in [1.807, 2.05) is 6.07 Å². The number of rotatable bonds is 4. The maximum Gasteiger partial charge on any atom is 0.456 e. The number of anilines is 1. The van der Waals surface area contributed by atoms with Crippen molar-refractivity contribution in [2.45, 2.75) is 75.5 Å². The molecule has 222 valence electrons. The van der Waals surface area contributed by atoms with Crippen LogP contribution in [-0.4, -0.2) is 34.5 Å². The van der Waals surface area contributed by atoms with Crippen molar-refractivity contribution in [3.05, 3.63) is 88.5 Å². The quantitative estimate of drug-likeness (QED) is 0.361. The summed E-state index contributed by atoms with van der Waals surface area (Å²) < 4.78 is 71.5. The predicted molar refractivity (Wildman–Crippen MR) is 147 cm³/mol. The Balaban J connectivity index is 1.42. The van der Waals surface area contributed by atoms with Gasteiger partial charge in [0, 0.05) is 29.0 Å². The summed E-state index contributed by atoms with van der Waals surface area (Å²) in [6.07, 6.45) is -3.07. The number of allylic oxidation sites excluding steroid dienone is 4. The predicted octanol–water partition coefficient (Wildman–Crippen LogP) is 7.77. The first-order valence-corrected chi connectivity index (χ1v) is 14.4. The molecule has 4 aliphatic rings. The molecule has 6 rings (SSSR count). The van der Waals surface area contributed by atoms with E-state index in [-0.39, 0.29) is 30.4 Å². The van der Waals surface area contributed by atoms with Crippen molar-refractivity contribution in [2.24, 2.45) is 17.3 Å². The molecule has 0 aliphatic heterocycles. The van der Waals surface area contributed by atoms with Gasteiger partial charge in [-0.05, 0) is 97.4 Å². The normalized spacial score (nSPS) is 31.2. The van der Waals surface area contributed by atoms with Crippen LogP contribution in [0, 0.1) is 17.3 Å². The van der Waals surface area contributed by atoms with Crippen LogP contribution < -0.4 is 5.32 Å². The number of fused-ring (bicyclic) bond motifs is 4. The van der Waals surface area contributed by atoms with Gasteiger partial charge in [-0.1, -0.05) is 42.8 Å². The second-order valence-corrected chi connectivity index (χ2v) is 12.4. The van der Waals surface area contributed by atoms with Gasteiger partial charge in [0.2, 0.25) is 0 Å². The summed E-state index contributed by atoms with van der Waals surface area (Å²) in [6, 6.07) is 15.6. The zero-order valence-corrected chi connectivity index (χ0v) is 23.1. The highest BCUT2D eigenvalue weighted by molar-refractivity contribution is 6.04. The Bertz CT molecular complexity index is 1480. The number of para-hydroxylation sites is 1. The Kier molecular flexibility index (Phi) is 6.76. The number of benzene rings is 2. The van der Waals surface area contributed by atoms with Crippen LogP contribution in [0.4, 0.5) is 27.6 Å². The highest BCUT2D eigenvalue weighted by atomic mass is 19.4. The molecule has 9 heteroatoms. The maximum atomic E-state index is 15.1. The highest BCUT2D eigenvalue weighted by Crippen LogP contribution is 2.70. The summed E-state index contributed by atoms with van der Waals surface area (Å²) in [5.74, 6) is -7.01. The number of aliphatic hydroxyl groups is 1. The zero-order chi connectivity index (χ0) is 30.1. The van der Waals surface area contributed by atoms with Crippen molar-refractivity contribution in [3.8, 4) is 0 Å². The Morgan fingerprint density at radius 3 is 2.31 bits per heavy atom. The van der Waals surface area contributed by atoms with Crippen molar-refractivity contribution in [1.82, 2.24) is 0 Å². The first-order valence-electron chi connectivity index (χ1n) is 14.4. The number of halogens is 5. The van der Waals surface area contributed by atoms with Crippen LogP contribution in [0.3, 0.4) is 0 Å². The third-order valence-electron chi connectivity index (χ3n) is 10.4. The molecule has 0 aromatic heterocycles. The Hall–Kier alpha value is -3.33. The molecule has 0 bridgehead atoms. The second kappa shape index (κ2) is 9.86. The molecule has 4 nitrogen and oxygen atoms in total. The fraction of sp³-hybridized carbons (Fsp3) is 0.455. The molecule has 0 unspecified atom stereocenters. The number of amides is 1. The number of nitrogens with one attached hydrogen (secondary N) is 1. The van der Waals surface area contributed by atoms with Crippen molar-refractivity contribution in [1.29, 1.82) is 0 Å². The number of ketones is 1. The average Bonchev–Trinajstić information content (AvgIpc) is 3.23. The van der Waals surface area contributed by atoms with Crippen molar-refractivity contribution < 1.29 is 36.6 Å². The van der Waals surface area contributed by atoms with Crippen LogP contribution in [-0.2, 0) is 4.79 Å². The van der Waals surface area contributed by atoms with Crippen LogP contribution in [0.1, 0.15) is 73.7 Å². The van der Waals surface area contributed by atoms with E-state index >= 15 is 8.78 Å². The minimum atomic E-state index is -5.89. The van der Waals surface area contributed by atoms with Gasteiger partial charge in [0.15, 0.2) is 5.78 Å². The molecular formula is C33H32F5NO3. The van der Waals surface area contributed by atoms with E-state index in [1.165, 1.54) is 6.92 Å². The lowest BCUT2D eigenvalue weighted by atomic mass is 9.50. The molecule has 2 fully saturated rings. The number of carbonyl (C=O) groups excluding carboxylic acids is 2. The van der Waals surface area contributed by atoms with E-state index < -0.39 is 41.4 Å². The number of hydrogen-bond acceptors (Lipinski definition) is 3. The molecule has 42 heavy (non-hydrogen) atoms. The number of hydrogen-bond donors (Lipinski definition) is 2. The van der Waals surface area contributed by atoms with Gasteiger partial charge >= 0.3 is 12.1 Å². The van der Waals surface area contributed by atoms with Gasteiger partial charge in [0.05, 0.1) is 0 Å². The Morgan fingerprint density at radius 2 is 1.64 bits per heavy atom. The second-order valence-electron chi connectivity index (χ2n) is 12.4. The van der Waals surface area contributed by atoms with Gasteiger partial charge in [-0.15, -0.1) is 0 Å². The van der Waals surface area contributed by atoms with Crippen LogP contribution in [0.2, 0.25) is 0 Å². The summed E-state index contributed by atoms with van der Waals surface area (Å²) >= 11 is 0. The lowest BCUT2D eigenvalue weighted by Gasteiger charge is -2.56. The smallest absolute Gasteiger partial charge is 0.383 e. The maximum absolute atomic E-state index is 15.1. The molecule has 1 amide bonds. The molecular weight excluding hydrogens is 553 g/mol. The van der Waals surface area contributed by atoms with Crippen LogP contribution >= 0.6 is 0 Å². The Labute approximate surface area is 240 Å². The third-order valence-corrected chi connectivity index (χ3v) is 10.4. The summed E-state index contributed by atoms with van der Waals surface area (Å²) in [5.41, 5.74) is -0.408. The van der Waals surface area contributed by atoms with E-state index in [0.717, 1.165) is 16.7 Å². The van der Waals surface area contributed by atoms with Crippen LogP contribution in [0.15, 0.2) is 77.4 Å². The summed E-state index contributed by atoms with van der Waals surface area (Å²) in [6.45, 7) is 1.40. The van der Waals surface area contributed by atoms with E-state index in [0.29, 0.717) is 42.5 Å². The standard InChI is InChI=1S/C33H32F5NO3/c1-30-18-26(19-7-9-20(10-8-19)29(41)39-22-5-3-2-4-6-22)28-24-14-12-23(40)17-21(24)11-13-25(28)27(30)15-16-31(30,42)32(34,35)33(36,37)38/h2-10,17,25-27,42H,11-16,18H2,1H3,(H,39,41)/t25-,26+,27-,30-,31-/m0/s1.